The molecule has 196 valence electrons. The zero-order valence-electron chi connectivity index (χ0n) is 22.5. The van der Waals surface area contributed by atoms with Gasteiger partial charge in [0.25, 0.3) is 6.47 Å². The van der Waals surface area contributed by atoms with Crippen molar-refractivity contribution in [3.05, 3.63) is 34.3 Å². The predicted octanol–water partition coefficient (Wildman–Crippen LogP) is 8.93. The smallest absolute Gasteiger partial charge is 0.290 e. The fourth-order valence-corrected chi connectivity index (χ4v) is 5.60. The monoisotopic (exact) mass is 493 g/mol. The number of hydrogen-bond acceptors (Lipinski definition) is 2. The van der Waals surface area contributed by atoms with Crippen molar-refractivity contribution in [1.82, 2.24) is 4.90 Å². The molecule has 0 aromatic heterocycles. The molecule has 1 saturated heterocycles. The standard InChI is InChI=1S/C13H25N.C8H9Cl.C8H16.CH2O2/c1-12-7-9-14(11-12)10-8-13-5-3-2-4-6-13;1-6-3-4-7(2)8(9)5-6;1-2-8-6-4-3-5-7-8;2-1-3/h12-13H,2-11H2,1H3;3-5H,1-2H3;8H,2-7H2,1H3;1H,(H,2,3). The summed E-state index contributed by atoms with van der Waals surface area (Å²) >= 11 is 5.81. The van der Waals surface area contributed by atoms with Gasteiger partial charge < -0.3 is 10.0 Å². The second kappa shape index (κ2) is 19.2. The summed E-state index contributed by atoms with van der Waals surface area (Å²) in [5.74, 6) is 3.12. The van der Waals surface area contributed by atoms with E-state index in [2.05, 4.69) is 24.8 Å². The van der Waals surface area contributed by atoms with Gasteiger partial charge in [0, 0.05) is 11.6 Å². The highest BCUT2D eigenvalue weighted by molar-refractivity contribution is 6.31. The quantitative estimate of drug-likeness (QED) is 0.425. The van der Waals surface area contributed by atoms with Gasteiger partial charge in [-0.15, -0.1) is 0 Å². The molecule has 0 spiro atoms. The van der Waals surface area contributed by atoms with Gasteiger partial charge in [0.05, 0.1) is 0 Å². The Hall–Kier alpha value is -1.06. The lowest BCUT2D eigenvalue weighted by Crippen LogP contribution is -2.24. The van der Waals surface area contributed by atoms with Crippen molar-refractivity contribution in [2.24, 2.45) is 17.8 Å². The summed E-state index contributed by atoms with van der Waals surface area (Å²) in [5, 5.41) is 7.75. The summed E-state index contributed by atoms with van der Waals surface area (Å²) < 4.78 is 0. The third-order valence-corrected chi connectivity index (χ3v) is 8.12. The molecule has 1 aromatic carbocycles. The molecule has 3 aliphatic rings. The van der Waals surface area contributed by atoms with Crippen LogP contribution in [0.15, 0.2) is 18.2 Å². The maximum absolute atomic E-state index is 8.36. The highest BCUT2D eigenvalue weighted by Crippen LogP contribution is 2.27. The summed E-state index contributed by atoms with van der Waals surface area (Å²) in [7, 11) is 0. The first-order valence-electron chi connectivity index (χ1n) is 13.9. The average Bonchev–Trinajstić information content (AvgIpc) is 3.28. The van der Waals surface area contributed by atoms with E-state index in [0.717, 1.165) is 28.3 Å². The van der Waals surface area contributed by atoms with E-state index >= 15 is 0 Å². The Kier molecular flexibility index (Phi) is 17.5. The van der Waals surface area contributed by atoms with Crippen LogP contribution in [0.4, 0.5) is 0 Å². The van der Waals surface area contributed by atoms with Crippen LogP contribution in [-0.4, -0.2) is 36.1 Å². The van der Waals surface area contributed by atoms with Crippen LogP contribution in [0, 0.1) is 31.6 Å². The summed E-state index contributed by atoms with van der Waals surface area (Å²) in [5.41, 5.74) is 2.35. The van der Waals surface area contributed by atoms with E-state index in [1.807, 2.05) is 26.0 Å². The molecular weight excluding hydrogens is 442 g/mol. The highest BCUT2D eigenvalue weighted by Gasteiger charge is 2.20. The third-order valence-electron chi connectivity index (χ3n) is 7.72. The van der Waals surface area contributed by atoms with Crippen LogP contribution in [0.1, 0.15) is 108 Å². The molecule has 1 N–H and O–H groups in total. The van der Waals surface area contributed by atoms with Crippen LogP contribution < -0.4 is 0 Å². The first-order chi connectivity index (χ1) is 16.4. The summed E-state index contributed by atoms with van der Waals surface area (Å²) in [6, 6.07) is 6.05. The van der Waals surface area contributed by atoms with Crippen LogP contribution in [0.5, 0.6) is 0 Å². The topological polar surface area (TPSA) is 40.5 Å². The van der Waals surface area contributed by atoms with Crippen LogP contribution in [-0.2, 0) is 4.79 Å². The normalized spacial score (nSPS) is 21.3. The second-order valence-electron chi connectivity index (χ2n) is 10.8. The van der Waals surface area contributed by atoms with Crippen molar-refractivity contribution in [2.45, 2.75) is 111 Å². The predicted molar refractivity (Wildman–Crippen MR) is 148 cm³/mol. The van der Waals surface area contributed by atoms with Gasteiger partial charge in [-0.3, -0.25) is 4.79 Å². The van der Waals surface area contributed by atoms with Crippen LogP contribution in [0.2, 0.25) is 5.02 Å². The largest absolute Gasteiger partial charge is 0.483 e. The lowest BCUT2D eigenvalue weighted by molar-refractivity contribution is -0.122. The maximum atomic E-state index is 8.36. The van der Waals surface area contributed by atoms with E-state index in [4.69, 9.17) is 21.5 Å². The summed E-state index contributed by atoms with van der Waals surface area (Å²) in [6.07, 6.45) is 19.4. The van der Waals surface area contributed by atoms with Crippen molar-refractivity contribution in [2.75, 3.05) is 19.6 Å². The van der Waals surface area contributed by atoms with Gasteiger partial charge in [0.2, 0.25) is 0 Å². The Balaban J connectivity index is 0.000000252. The number of hydrogen-bond donors (Lipinski definition) is 1. The summed E-state index contributed by atoms with van der Waals surface area (Å²) in [4.78, 5) is 11.0. The Bertz CT molecular complexity index is 634. The fraction of sp³-hybridized carbons (Fsp3) is 0.767. The first-order valence-corrected chi connectivity index (χ1v) is 14.3. The van der Waals surface area contributed by atoms with Crippen molar-refractivity contribution in [3.8, 4) is 0 Å². The van der Waals surface area contributed by atoms with Crippen molar-refractivity contribution >= 4 is 18.1 Å². The van der Waals surface area contributed by atoms with E-state index in [1.54, 1.807) is 0 Å². The molecule has 3 nitrogen and oxygen atoms in total. The molecule has 4 rings (SSSR count). The van der Waals surface area contributed by atoms with Gasteiger partial charge in [-0.05, 0) is 74.7 Å². The lowest BCUT2D eigenvalue weighted by Gasteiger charge is -2.24. The van der Waals surface area contributed by atoms with E-state index in [-0.39, 0.29) is 6.47 Å². The highest BCUT2D eigenvalue weighted by atomic mass is 35.5. The fourth-order valence-electron chi connectivity index (χ4n) is 5.36. The molecule has 3 fully saturated rings. The molecule has 1 atom stereocenters. The first kappa shape index (κ1) is 31.0. The van der Waals surface area contributed by atoms with Crippen molar-refractivity contribution in [3.63, 3.8) is 0 Å². The molecule has 2 saturated carbocycles. The van der Waals surface area contributed by atoms with E-state index in [0.29, 0.717) is 0 Å². The minimum atomic E-state index is -0.250. The molecule has 0 bridgehead atoms. The molecular formula is C30H52ClNO2. The Morgan fingerprint density at radius 3 is 1.94 bits per heavy atom. The molecule has 34 heavy (non-hydrogen) atoms. The number of carbonyl (C=O) groups is 1. The average molecular weight is 494 g/mol. The molecule has 1 unspecified atom stereocenters. The number of carboxylic acid groups (broad SMARTS) is 1. The maximum Gasteiger partial charge on any atom is 0.290 e. The molecule has 1 aromatic rings. The molecule has 1 heterocycles. The van der Waals surface area contributed by atoms with Gasteiger partial charge in [-0.1, -0.05) is 108 Å². The molecule has 1 aliphatic heterocycles. The number of halogens is 1. The van der Waals surface area contributed by atoms with Crippen molar-refractivity contribution in [1.29, 1.82) is 0 Å². The van der Waals surface area contributed by atoms with Gasteiger partial charge in [0.1, 0.15) is 0 Å². The number of nitrogens with zero attached hydrogens (tertiary/aromatic N) is 1. The van der Waals surface area contributed by atoms with E-state index < -0.39 is 0 Å². The Morgan fingerprint density at radius 2 is 1.53 bits per heavy atom. The number of likely N-dealkylation sites (tertiary alicyclic amines) is 1. The van der Waals surface area contributed by atoms with Crippen LogP contribution >= 0.6 is 11.6 Å². The zero-order chi connectivity index (χ0) is 25.2. The number of aryl methyl sites for hydroxylation is 2. The van der Waals surface area contributed by atoms with Gasteiger partial charge >= 0.3 is 0 Å². The lowest BCUT2D eigenvalue weighted by atomic mass is 9.87. The van der Waals surface area contributed by atoms with E-state index in [1.165, 1.54) is 109 Å². The Labute approximate surface area is 215 Å². The third kappa shape index (κ3) is 14.4. The van der Waals surface area contributed by atoms with Gasteiger partial charge in [-0.25, -0.2) is 0 Å². The second-order valence-corrected chi connectivity index (χ2v) is 11.2. The van der Waals surface area contributed by atoms with Gasteiger partial charge in [-0.2, -0.15) is 0 Å². The number of benzene rings is 1. The summed E-state index contributed by atoms with van der Waals surface area (Å²) in [6.45, 7) is 12.6. The van der Waals surface area contributed by atoms with Crippen LogP contribution in [0.3, 0.4) is 0 Å². The minimum Gasteiger partial charge on any atom is -0.483 e. The molecule has 0 amide bonds. The number of rotatable bonds is 4. The molecule has 4 heteroatoms. The Morgan fingerprint density at radius 1 is 0.971 bits per heavy atom. The van der Waals surface area contributed by atoms with Crippen LogP contribution in [0.25, 0.3) is 0 Å². The molecule has 0 radical (unpaired) electrons. The van der Waals surface area contributed by atoms with Crippen molar-refractivity contribution < 1.29 is 9.90 Å². The minimum absolute atomic E-state index is 0.250. The SMILES string of the molecule is CC1CCN(CCC2CCCCC2)C1.CCC1CCCCC1.Cc1ccc(C)c(Cl)c1.O=CO. The molecule has 2 aliphatic carbocycles. The van der Waals surface area contributed by atoms with E-state index in [9.17, 15) is 0 Å². The van der Waals surface area contributed by atoms with Gasteiger partial charge in [0.15, 0.2) is 0 Å². The zero-order valence-corrected chi connectivity index (χ0v) is 23.3.